The molecule has 0 amide bonds. The molecule has 2 fully saturated rings. The average molecular weight is 299 g/mol. The zero-order chi connectivity index (χ0) is 13.2. The molecular weight excluding hydrogens is 278 g/mol. The Hall–Kier alpha value is -0.200. The molecule has 1 saturated heterocycles. The van der Waals surface area contributed by atoms with Crippen molar-refractivity contribution in [2.24, 2.45) is 5.73 Å². The lowest BCUT2D eigenvalue weighted by Crippen LogP contribution is -2.19. The van der Waals surface area contributed by atoms with Crippen LogP contribution in [0.15, 0.2) is 4.52 Å². The van der Waals surface area contributed by atoms with E-state index >= 15 is 0 Å². The van der Waals surface area contributed by atoms with Gasteiger partial charge < -0.3 is 10.3 Å². The van der Waals surface area contributed by atoms with Crippen LogP contribution in [0.1, 0.15) is 55.5 Å². The van der Waals surface area contributed by atoms with Crippen molar-refractivity contribution in [3.63, 3.8) is 0 Å². The molecule has 3 rings (SSSR count). The summed E-state index contributed by atoms with van der Waals surface area (Å²) >= 11 is 4.02. The molecule has 6 heteroatoms. The first-order valence-corrected chi connectivity index (χ1v) is 9.20. The van der Waals surface area contributed by atoms with Crippen molar-refractivity contribution >= 4 is 23.5 Å². The molecule has 1 aliphatic carbocycles. The second-order valence-electron chi connectivity index (χ2n) is 5.37. The highest BCUT2D eigenvalue weighted by Crippen LogP contribution is 2.43. The summed E-state index contributed by atoms with van der Waals surface area (Å²) in [6.07, 6.45) is 4.33. The predicted octanol–water partition coefficient (Wildman–Crippen LogP) is 2.96. The largest absolute Gasteiger partial charge is 0.339 e. The number of hydrogen-bond acceptors (Lipinski definition) is 6. The van der Waals surface area contributed by atoms with Crippen molar-refractivity contribution < 1.29 is 4.52 Å². The summed E-state index contributed by atoms with van der Waals surface area (Å²) in [6, 6.07) is 0.309. The number of rotatable bonds is 3. The van der Waals surface area contributed by atoms with Gasteiger partial charge in [0.15, 0.2) is 5.82 Å². The molecule has 0 bridgehead atoms. The summed E-state index contributed by atoms with van der Waals surface area (Å²) < 4.78 is 5.50. The molecule has 1 saturated carbocycles. The van der Waals surface area contributed by atoms with Gasteiger partial charge in [0.2, 0.25) is 5.89 Å². The zero-order valence-corrected chi connectivity index (χ0v) is 12.9. The minimum absolute atomic E-state index is 0.309. The molecule has 106 valence electrons. The Bertz CT molecular complexity index is 426. The highest BCUT2D eigenvalue weighted by Gasteiger charge is 2.33. The monoisotopic (exact) mass is 299 g/mol. The van der Waals surface area contributed by atoms with Crippen LogP contribution in [0, 0.1) is 0 Å². The lowest BCUT2D eigenvalue weighted by atomic mass is 10.1. The molecule has 1 aliphatic heterocycles. The third kappa shape index (κ3) is 2.95. The Balaban J connectivity index is 1.73. The fraction of sp³-hybridized carbons (Fsp3) is 0.846. The normalized spacial score (nSPS) is 35.7. The number of thioether (sulfide) groups is 2. The van der Waals surface area contributed by atoms with Gasteiger partial charge >= 0.3 is 0 Å². The van der Waals surface area contributed by atoms with Crippen molar-refractivity contribution in [2.75, 3.05) is 11.5 Å². The number of nitrogens with two attached hydrogens (primary N) is 1. The van der Waals surface area contributed by atoms with Crippen LogP contribution in [0.4, 0.5) is 0 Å². The van der Waals surface area contributed by atoms with Crippen LogP contribution in [-0.2, 0) is 0 Å². The molecule has 2 aliphatic rings. The Morgan fingerprint density at radius 3 is 2.89 bits per heavy atom. The maximum atomic E-state index is 5.96. The summed E-state index contributed by atoms with van der Waals surface area (Å²) in [5.41, 5.74) is 5.96. The number of hydrogen-bond donors (Lipinski definition) is 1. The van der Waals surface area contributed by atoms with Crippen molar-refractivity contribution in [3.8, 4) is 0 Å². The topological polar surface area (TPSA) is 64.9 Å². The molecule has 2 N–H and O–H groups in total. The van der Waals surface area contributed by atoms with Crippen molar-refractivity contribution in [1.82, 2.24) is 10.1 Å². The van der Waals surface area contributed by atoms with Gasteiger partial charge in [-0.2, -0.15) is 16.7 Å². The molecule has 0 aromatic carbocycles. The summed E-state index contributed by atoms with van der Waals surface area (Å²) in [4.78, 5) is 4.68. The van der Waals surface area contributed by atoms with Gasteiger partial charge in [0.25, 0.3) is 0 Å². The standard InChI is InChI=1S/C13H21N3OS2/c1-2-10-11(19-6-5-18-10)12-15-13(17-16-12)8-3-4-9(14)7-8/h8-11H,2-7,14H2,1H3. The Morgan fingerprint density at radius 2 is 2.16 bits per heavy atom. The van der Waals surface area contributed by atoms with Crippen LogP contribution >= 0.6 is 23.5 Å². The van der Waals surface area contributed by atoms with Crippen LogP contribution in [0.3, 0.4) is 0 Å². The summed E-state index contributed by atoms with van der Waals surface area (Å²) in [5, 5.41) is 5.27. The van der Waals surface area contributed by atoms with Crippen LogP contribution in [0.5, 0.6) is 0 Å². The molecule has 1 aromatic heterocycles. The molecule has 19 heavy (non-hydrogen) atoms. The average Bonchev–Trinajstić information content (AvgIpc) is 3.07. The van der Waals surface area contributed by atoms with Crippen LogP contribution in [-0.4, -0.2) is 32.9 Å². The Morgan fingerprint density at radius 1 is 1.32 bits per heavy atom. The lowest BCUT2D eigenvalue weighted by molar-refractivity contribution is 0.349. The van der Waals surface area contributed by atoms with Crippen LogP contribution < -0.4 is 5.73 Å². The van der Waals surface area contributed by atoms with E-state index in [9.17, 15) is 0 Å². The molecule has 0 radical (unpaired) electrons. The first-order valence-electron chi connectivity index (χ1n) is 7.10. The summed E-state index contributed by atoms with van der Waals surface area (Å²) in [6.45, 7) is 2.24. The van der Waals surface area contributed by atoms with E-state index in [2.05, 4.69) is 17.1 Å². The van der Waals surface area contributed by atoms with Gasteiger partial charge in [-0.1, -0.05) is 12.1 Å². The molecule has 4 nitrogen and oxygen atoms in total. The van der Waals surface area contributed by atoms with E-state index in [0.29, 0.717) is 22.5 Å². The predicted molar refractivity (Wildman–Crippen MR) is 80.6 cm³/mol. The van der Waals surface area contributed by atoms with Crippen molar-refractivity contribution in [3.05, 3.63) is 11.7 Å². The molecule has 4 atom stereocenters. The second-order valence-corrected chi connectivity index (χ2v) is 7.97. The maximum Gasteiger partial charge on any atom is 0.229 e. The molecule has 2 heterocycles. The van der Waals surface area contributed by atoms with Gasteiger partial charge in [0.1, 0.15) is 0 Å². The molecule has 1 aromatic rings. The highest BCUT2D eigenvalue weighted by molar-refractivity contribution is 8.06. The van der Waals surface area contributed by atoms with E-state index in [4.69, 9.17) is 10.3 Å². The van der Waals surface area contributed by atoms with Gasteiger partial charge in [-0.05, 0) is 25.7 Å². The van der Waals surface area contributed by atoms with Crippen molar-refractivity contribution in [1.29, 1.82) is 0 Å². The van der Waals surface area contributed by atoms with Gasteiger partial charge in [0.05, 0.1) is 5.25 Å². The van der Waals surface area contributed by atoms with E-state index in [1.54, 1.807) is 0 Å². The fourth-order valence-electron chi connectivity index (χ4n) is 2.91. The van der Waals surface area contributed by atoms with E-state index in [1.165, 1.54) is 17.9 Å². The van der Waals surface area contributed by atoms with E-state index in [1.807, 2.05) is 23.5 Å². The van der Waals surface area contributed by atoms with E-state index in [-0.39, 0.29) is 0 Å². The third-order valence-electron chi connectivity index (χ3n) is 3.99. The van der Waals surface area contributed by atoms with Crippen molar-refractivity contribution in [2.45, 2.75) is 55.1 Å². The third-order valence-corrected chi connectivity index (χ3v) is 7.23. The van der Waals surface area contributed by atoms with Gasteiger partial charge in [-0.3, -0.25) is 0 Å². The molecular formula is C13H21N3OS2. The quantitative estimate of drug-likeness (QED) is 0.925. The maximum absolute atomic E-state index is 5.96. The number of nitrogens with zero attached hydrogens (tertiary/aromatic N) is 2. The second kappa shape index (κ2) is 6.06. The zero-order valence-electron chi connectivity index (χ0n) is 11.2. The van der Waals surface area contributed by atoms with Gasteiger partial charge in [0, 0.05) is 28.7 Å². The first kappa shape index (κ1) is 13.8. The van der Waals surface area contributed by atoms with Gasteiger partial charge in [-0.15, -0.1) is 11.8 Å². The Labute approximate surface area is 122 Å². The van der Waals surface area contributed by atoms with E-state index in [0.717, 1.165) is 31.0 Å². The number of aromatic nitrogens is 2. The van der Waals surface area contributed by atoms with Crippen LogP contribution in [0.2, 0.25) is 0 Å². The summed E-state index contributed by atoms with van der Waals surface area (Å²) in [7, 11) is 0. The summed E-state index contributed by atoms with van der Waals surface area (Å²) in [5.74, 6) is 4.53. The SMILES string of the molecule is CCC1SCCSC1c1noc(C2CCC(N)C2)n1. The minimum Gasteiger partial charge on any atom is -0.339 e. The Kier molecular flexibility index (Phi) is 4.39. The highest BCUT2D eigenvalue weighted by atomic mass is 32.2. The van der Waals surface area contributed by atoms with Crippen LogP contribution in [0.25, 0.3) is 0 Å². The minimum atomic E-state index is 0.309. The smallest absolute Gasteiger partial charge is 0.229 e. The van der Waals surface area contributed by atoms with E-state index < -0.39 is 0 Å². The molecule has 0 spiro atoms. The first-order chi connectivity index (χ1) is 9.28. The lowest BCUT2D eigenvalue weighted by Gasteiger charge is -2.27. The fourth-order valence-corrected chi connectivity index (χ4v) is 5.89. The van der Waals surface area contributed by atoms with Gasteiger partial charge in [-0.25, -0.2) is 0 Å². The molecule has 4 unspecified atom stereocenters.